The topological polar surface area (TPSA) is 92.9 Å². The van der Waals surface area contributed by atoms with Crippen molar-refractivity contribution in [2.75, 3.05) is 20.3 Å². The van der Waals surface area contributed by atoms with Gasteiger partial charge in [0, 0.05) is 19.7 Å². The van der Waals surface area contributed by atoms with Gasteiger partial charge in [-0.1, -0.05) is 6.07 Å². The average molecular weight is 266 g/mol. The van der Waals surface area contributed by atoms with Gasteiger partial charge in [0.05, 0.1) is 23.1 Å². The number of nitro benzene ring substituents is 1. The number of nitro groups is 1. The molecule has 1 heterocycles. The third kappa shape index (κ3) is 2.50. The molecule has 7 heteroatoms. The molecular formula is C12H14N2O5. The highest BCUT2D eigenvalue weighted by molar-refractivity contribution is 5.98. The van der Waals surface area contributed by atoms with E-state index in [0.717, 1.165) is 12.5 Å². The highest BCUT2D eigenvalue weighted by Crippen LogP contribution is 2.30. The average Bonchev–Trinajstić information content (AvgIpc) is 2.90. The molecule has 1 aliphatic rings. The molecule has 2 rings (SSSR count). The van der Waals surface area contributed by atoms with Crippen molar-refractivity contribution in [1.82, 2.24) is 4.90 Å². The van der Waals surface area contributed by atoms with Gasteiger partial charge in [0.25, 0.3) is 5.91 Å². The lowest BCUT2D eigenvalue weighted by atomic mass is 10.1. The second-order valence-corrected chi connectivity index (χ2v) is 4.36. The highest BCUT2D eigenvalue weighted by atomic mass is 16.6. The number of carbonyl (C=O) groups excluding carboxylic acids is 1. The summed E-state index contributed by atoms with van der Waals surface area (Å²) in [5, 5.41) is 20.5. The Bertz CT molecular complexity index is 511. The van der Waals surface area contributed by atoms with Gasteiger partial charge in [-0.25, -0.2) is 0 Å². The first-order valence-electron chi connectivity index (χ1n) is 5.83. The molecule has 102 valence electrons. The fraction of sp³-hybridized carbons (Fsp3) is 0.417. The van der Waals surface area contributed by atoms with E-state index in [4.69, 9.17) is 4.74 Å². The lowest BCUT2D eigenvalue weighted by molar-refractivity contribution is -0.385. The van der Waals surface area contributed by atoms with Crippen molar-refractivity contribution in [3.05, 3.63) is 33.9 Å². The Morgan fingerprint density at radius 2 is 2.32 bits per heavy atom. The molecule has 0 unspecified atom stereocenters. The van der Waals surface area contributed by atoms with Crippen LogP contribution in [0, 0.1) is 10.1 Å². The minimum Gasteiger partial charge on any atom is -0.502 e. The number of hydrogen-bond acceptors (Lipinski definition) is 5. The number of hydrogen-bond donors (Lipinski definition) is 1. The van der Waals surface area contributed by atoms with E-state index in [0.29, 0.717) is 13.2 Å². The zero-order chi connectivity index (χ0) is 14.0. The summed E-state index contributed by atoms with van der Waals surface area (Å²) in [4.78, 5) is 23.7. The van der Waals surface area contributed by atoms with Crippen molar-refractivity contribution in [2.24, 2.45) is 0 Å². The molecule has 7 nitrogen and oxygen atoms in total. The van der Waals surface area contributed by atoms with Crippen LogP contribution in [0.5, 0.6) is 5.75 Å². The molecule has 1 aromatic rings. The van der Waals surface area contributed by atoms with Crippen molar-refractivity contribution in [1.29, 1.82) is 0 Å². The van der Waals surface area contributed by atoms with Crippen molar-refractivity contribution in [2.45, 2.75) is 12.5 Å². The summed E-state index contributed by atoms with van der Waals surface area (Å²) >= 11 is 0. The molecule has 19 heavy (non-hydrogen) atoms. The lowest BCUT2D eigenvalue weighted by Gasteiger charge is -2.23. The summed E-state index contributed by atoms with van der Waals surface area (Å²) < 4.78 is 5.19. The SMILES string of the molecule is CN(C(=O)c1cccc([N+](=O)[O-])c1O)[C@H]1CCOC1. The molecule has 1 fully saturated rings. The van der Waals surface area contributed by atoms with E-state index in [1.165, 1.54) is 17.0 Å². The van der Waals surface area contributed by atoms with Crippen LogP contribution in [0.1, 0.15) is 16.8 Å². The monoisotopic (exact) mass is 266 g/mol. The van der Waals surface area contributed by atoms with Gasteiger partial charge in [-0.3, -0.25) is 14.9 Å². The molecule has 1 aliphatic heterocycles. The van der Waals surface area contributed by atoms with E-state index in [2.05, 4.69) is 0 Å². The minimum absolute atomic E-state index is 0.0637. The second-order valence-electron chi connectivity index (χ2n) is 4.36. The molecule has 0 spiro atoms. The van der Waals surface area contributed by atoms with E-state index in [1.54, 1.807) is 7.05 Å². The summed E-state index contributed by atoms with van der Waals surface area (Å²) in [6.45, 7) is 1.03. The standard InChI is InChI=1S/C12H14N2O5/c1-13(8-5-6-19-7-8)12(16)9-3-2-4-10(11(9)15)14(17)18/h2-4,8,15H,5-7H2,1H3/t8-/m0/s1. The maximum absolute atomic E-state index is 12.2. The third-order valence-electron chi connectivity index (χ3n) is 3.22. The molecule has 0 aliphatic carbocycles. The molecule has 1 saturated heterocycles. The minimum atomic E-state index is -0.717. The van der Waals surface area contributed by atoms with Crippen molar-refractivity contribution < 1.29 is 19.6 Å². The van der Waals surface area contributed by atoms with Crippen LogP contribution in [0.4, 0.5) is 5.69 Å². The predicted molar refractivity (Wildman–Crippen MR) is 66.1 cm³/mol. The number of amides is 1. The predicted octanol–water partition coefficient (Wildman–Crippen LogP) is 1.16. The normalized spacial score (nSPS) is 18.3. The summed E-state index contributed by atoms with van der Waals surface area (Å²) in [6, 6.07) is 3.84. The van der Waals surface area contributed by atoms with Gasteiger partial charge in [0.1, 0.15) is 0 Å². The fourth-order valence-corrected chi connectivity index (χ4v) is 2.03. The maximum Gasteiger partial charge on any atom is 0.311 e. The van der Waals surface area contributed by atoms with E-state index in [-0.39, 0.29) is 11.6 Å². The number of benzene rings is 1. The molecular weight excluding hydrogens is 252 g/mol. The van der Waals surface area contributed by atoms with Gasteiger partial charge in [-0.05, 0) is 12.5 Å². The first kappa shape index (κ1) is 13.3. The van der Waals surface area contributed by atoms with E-state index < -0.39 is 22.3 Å². The molecule has 0 aromatic heterocycles. The number of phenols is 1. The molecule has 1 atom stereocenters. The Labute approximate surface area is 109 Å². The fourth-order valence-electron chi connectivity index (χ4n) is 2.03. The largest absolute Gasteiger partial charge is 0.502 e. The molecule has 0 radical (unpaired) electrons. The van der Waals surface area contributed by atoms with Crippen LogP contribution in [-0.2, 0) is 4.74 Å². The molecule has 1 amide bonds. The van der Waals surface area contributed by atoms with Crippen molar-refractivity contribution in [3.8, 4) is 5.75 Å². The number of para-hydroxylation sites is 1. The van der Waals surface area contributed by atoms with Gasteiger partial charge >= 0.3 is 5.69 Å². The van der Waals surface area contributed by atoms with Crippen LogP contribution in [0.15, 0.2) is 18.2 Å². The molecule has 1 N–H and O–H groups in total. The third-order valence-corrected chi connectivity index (χ3v) is 3.22. The summed E-state index contributed by atoms with van der Waals surface area (Å²) in [5.41, 5.74) is -0.537. The van der Waals surface area contributed by atoms with Crippen LogP contribution in [0.3, 0.4) is 0 Å². The number of rotatable bonds is 3. The highest BCUT2D eigenvalue weighted by Gasteiger charge is 2.28. The van der Waals surface area contributed by atoms with Gasteiger partial charge in [-0.2, -0.15) is 0 Å². The van der Waals surface area contributed by atoms with Gasteiger partial charge in [0.2, 0.25) is 5.75 Å². The van der Waals surface area contributed by atoms with Crippen LogP contribution in [0.25, 0.3) is 0 Å². The zero-order valence-corrected chi connectivity index (χ0v) is 10.4. The quantitative estimate of drug-likeness (QED) is 0.654. The number of aromatic hydroxyl groups is 1. The summed E-state index contributed by atoms with van der Waals surface area (Å²) in [6.07, 6.45) is 0.720. The molecule has 1 aromatic carbocycles. The lowest BCUT2D eigenvalue weighted by Crippen LogP contribution is -2.37. The van der Waals surface area contributed by atoms with Crippen LogP contribution < -0.4 is 0 Å². The number of likely N-dealkylation sites (N-methyl/N-ethyl adjacent to an activating group) is 1. The van der Waals surface area contributed by atoms with E-state index >= 15 is 0 Å². The Morgan fingerprint density at radius 3 is 2.89 bits per heavy atom. The Balaban J connectivity index is 2.28. The van der Waals surface area contributed by atoms with Crippen LogP contribution in [0.2, 0.25) is 0 Å². The summed E-state index contributed by atoms with van der Waals surface area (Å²) in [5.74, 6) is -1.04. The number of ether oxygens (including phenoxy) is 1. The zero-order valence-electron chi connectivity index (χ0n) is 10.4. The number of nitrogens with zero attached hydrogens (tertiary/aromatic N) is 2. The van der Waals surface area contributed by atoms with Crippen LogP contribution >= 0.6 is 0 Å². The van der Waals surface area contributed by atoms with Gasteiger partial charge in [-0.15, -0.1) is 0 Å². The second kappa shape index (κ2) is 5.23. The van der Waals surface area contributed by atoms with E-state index in [1.807, 2.05) is 0 Å². The number of carbonyl (C=O) groups is 1. The Kier molecular flexibility index (Phi) is 3.66. The van der Waals surface area contributed by atoms with Crippen LogP contribution in [-0.4, -0.2) is 47.1 Å². The van der Waals surface area contributed by atoms with Gasteiger partial charge in [0.15, 0.2) is 0 Å². The number of phenolic OH excluding ortho intramolecular Hbond substituents is 1. The first-order chi connectivity index (χ1) is 9.02. The van der Waals surface area contributed by atoms with Crippen molar-refractivity contribution in [3.63, 3.8) is 0 Å². The molecule has 0 saturated carbocycles. The van der Waals surface area contributed by atoms with E-state index in [9.17, 15) is 20.0 Å². The Hall–Kier alpha value is -2.15. The van der Waals surface area contributed by atoms with Crippen molar-refractivity contribution >= 4 is 11.6 Å². The Morgan fingerprint density at radius 1 is 1.58 bits per heavy atom. The maximum atomic E-state index is 12.2. The van der Waals surface area contributed by atoms with Gasteiger partial charge < -0.3 is 14.7 Å². The summed E-state index contributed by atoms with van der Waals surface area (Å²) in [7, 11) is 1.60. The smallest absolute Gasteiger partial charge is 0.311 e. The molecule has 0 bridgehead atoms. The first-order valence-corrected chi connectivity index (χ1v) is 5.83.